The van der Waals surface area contributed by atoms with Gasteiger partial charge in [0.1, 0.15) is 5.82 Å². The number of piperazine rings is 1. The molecule has 1 aromatic heterocycles. The highest BCUT2D eigenvalue weighted by Gasteiger charge is 2.23. The number of methoxy groups -OCH3 is 1. The zero-order valence-corrected chi connectivity index (χ0v) is 11.2. The van der Waals surface area contributed by atoms with Gasteiger partial charge in [-0.05, 0) is 18.2 Å². The van der Waals surface area contributed by atoms with E-state index in [1.165, 1.54) is 5.39 Å². The number of fused-ring (bicyclic) bond motifs is 1. The Bertz CT molecular complexity index is 556. The van der Waals surface area contributed by atoms with Gasteiger partial charge in [-0.2, -0.15) is 0 Å². The van der Waals surface area contributed by atoms with Crippen molar-refractivity contribution in [2.24, 2.45) is 0 Å². The number of hydrogen-bond acceptors (Lipinski definition) is 4. The molecule has 100 valence electrons. The van der Waals surface area contributed by atoms with E-state index >= 15 is 0 Å². The number of benzene rings is 1. The van der Waals surface area contributed by atoms with Crippen LogP contribution in [0.2, 0.25) is 0 Å². The first-order chi connectivity index (χ1) is 9.38. The summed E-state index contributed by atoms with van der Waals surface area (Å²) < 4.78 is 5.31. The first-order valence-corrected chi connectivity index (χ1v) is 6.70. The van der Waals surface area contributed by atoms with Crippen molar-refractivity contribution in [1.82, 2.24) is 10.3 Å². The topological polar surface area (TPSA) is 37.4 Å². The Morgan fingerprint density at radius 2 is 2.21 bits per heavy atom. The summed E-state index contributed by atoms with van der Waals surface area (Å²) in [4.78, 5) is 7.11. The summed E-state index contributed by atoms with van der Waals surface area (Å²) >= 11 is 0. The van der Waals surface area contributed by atoms with E-state index in [9.17, 15) is 0 Å². The van der Waals surface area contributed by atoms with Gasteiger partial charge in [-0.1, -0.05) is 18.2 Å². The Kier molecular flexibility index (Phi) is 3.62. The van der Waals surface area contributed by atoms with Gasteiger partial charge in [0.05, 0.1) is 18.2 Å². The number of anilines is 1. The smallest absolute Gasteiger partial charge is 0.129 e. The van der Waals surface area contributed by atoms with Crippen LogP contribution < -0.4 is 10.2 Å². The van der Waals surface area contributed by atoms with Gasteiger partial charge in [0.15, 0.2) is 0 Å². The molecule has 0 spiro atoms. The second-order valence-corrected chi connectivity index (χ2v) is 4.87. The summed E-state index contributed by atoms with van der Waals surface area (Å²) in [6.07, 6.45) is 0. The molecule has 3 rings (SSSR count). The molecule has 19 heavy (non-hydrogen) atoms. The van der Waals surface area contributed by atoms with Crippen LogP contribution in [0.25, 0.3) is 10.9 Å². The van der Waals surface area contributed by atoms with Gasteiger partial charge < -0.3 is 15.0 Å². The van der Waals surface area contributed by atoms with Crippen LogP contribution in [0.1, 0.15) is 0 Å². The van der Waals surface area contributed by atoms with Crippen molar-refractivity contribution < 1.29 is 4.74 Å². The highest BCUT2D eigenvalue weighted by Crippen LogP contribution is 2.20. The molecule has 2 heterocycles. The third-order valence-corrected chi connectivity index (χ3v) is 3.59. The lowest BCUT2D eigenvalue weighted by Gasteiger charge is -2.36. The maximum absolute atomic E-state index is 5.31. The number of ether oxygens (including phenoxy) is 1. The number of rotatable bonds is 3. The summed E-state index contributed by atoms with van der Waals surface area (Å²) in [6.45, 7) is 3.64. The zero-order valence-electron chi connectivity index (χ0n) is 11.2. The molecule has 1 fully saturated rings. The number of nitrogens with zero attached hydrogens (tertiary/aromatic N) is 2. The van der Waals surface area contributed by atoms with E-state index < -0.39 is 0 Å². The minimum atomic E-state index is 0.354. The molecule has 0 radical (unpaired) electrons. The molecular weight excluding hydrogens is 238 g/mol. The van der Waals surface area contributed by atoms with E-state index in [4.69, 9.17) is 9.72 Å². The molecule has 0 amide bonds. The van der Waals surface area contributed by atoms with Crippen molar-refractivity contribution in [2.75, 3.05) is 38.3 Å². The maximum atomic E-state index is 5.31. The molecule has 2 aromatic rings. The zero-order chi connectivity index (χ0) is 13.1. The number of aromatic nitrogens is 1. The fourth-order valence-corrected chi connectivity index (χ4v) is 2.62. The molecule has 1 aliphatic heterocycles. The maximum Gasteiger partial charge on any atom is 0.129 e. The highest BCUT2D eigenvalue weighted by molar-refractivity contribution is 5.80. The average molecular weight is 257 g/mol. The van der Waals surface area contributed by atoms with Crippen LogP contribution in [0.5, 0.6) is 0 Å². The van der Waals surface area contributed by atoms with Crippen LogP contribution >= 0.6 is 0 Å². The van der Waals surface area contributed by atoms with Gasteiger partial charge in [-0.3, -0.25) is 0 Å². The van der Waals surface area contributed by atoms with Crippen molar-refractivity contribution in [2.45, 2.75) is 6.04 Å². The normalized spacial score (nSPS) is 19.8. The first-order valence-electron chi connectivity index (χ1n) is 6.70. The van der Waals surface area contributed by atoms with E-state index in [0.717, 1.165) is 37.6 Å². The van der Waals surface area contributed by atoms with Crippen molar-refractivity contribution >= 4 is 16.7 Å². The van der Waals surface area contributed by atoms with Crippen LogP contribution in [-0.4, -0.2) is 44.4 Å². The quantitative estimate of drug-likeness (QED) is 0.907. The van der Waals surface area contributed by atoms with E-state index in [2.05, 4.69) is 34.5 Å². The fraction of sp³-hybridized carbons (Fsp3) is 0.400. The monoisotopic (exact) mass is 257 g/mol. The molecule has 1 aromatic carbocycles. The van der Waals surface area contributed by atoms with Gasteiger partial charge in [0, 0.05) is 32.1 Å². The second kappa shape index (κ2) is 5.55. The molecular formula is C15H19N3O. The van der Waals surface area contributed by atoms with Crippen LogP contribution in [0, 0.1) is 0 Å². The Morgan fingerprint density at radius 3 is 3.11 bits per heavy atom. The van der Waals surface area contributed by atoms with Crippen molar-refractivity contribution in [3.63, 3.8) is 0 Å². The lowest BCUT2D eigenvalue weighted by atomic mass is 10.1. The summed E-state index contributed by atoms with van der Waals surface area (Å²) in [6, 6.07) is 12.8. The first kappa shape index (κ1) is 12.4. The predicted octanol–water partition coefficient (Wildman–Crippen LogP) is 1.66. The van der Waals surface area contributed by atoms with Crippen LogP contribution in [0.15, 0.2) is 36.4 Å². The van der Waals surface area contributed by atoms with Crippen LogP contribution in [0.4, 0.5) is 5.82 Å². The average Bonchev–Trinajstić information content (AvgIpc) is 2.48. The Hall–Kier alpha value is -1.65. The summed E-state index contributed by atoms with van der Waals surface area (Å²) in [5.41, 5.74) is 1.05. The Morgan fingerprint density at radius 1 is 1.32 bits per heavy atom. The number of para-hydroxylation sites is 1. The third-order valence-electron chi connectivity index (χ3n) is 3.59. The van der Waals surface area contributed by atoms with Crippen LogP contribution in [0.3, 0.4) is 0 Å². The fourth-order valence-electron chi connectivity index (χ4n) is 2.62. The molecule has 1 aliphatic rings. The molecule has 4 nitrogen and oxygen atoms in total. The molecule has 0 saturated carbocycles. The largest absolute Gasteiger partial charge is 0.383 e. The molecule has 1 unspecified atom stereocenters. The number of pyridine rings is 1. The van der Waals surface area contributed by atoms with Crippen LogP contribution in [-0.2, 0) is 4.74 Å². The SMILES string of the molecule is COCC1CNCCN1c1ccc2ccccc2n1. The molecule has 0 bridgehead atoms. The van der Waals surface area contributed by atoms with E-state index in [1.807, 2.05) is 12.1 Å². The molecule has 1 N–H and O–H groups in total. The van der Waals surface area contributed by atoms with Gasteiger partial charge in [0.2, 0.25) is 0 Å². The van der Waals surface area contributed by atoms with Gasteiger partial charge >= 0.3 is 0 Å². The molecule has 1 saturated heterocycles. The lowest BCUT2D eigenvalue weighted by Crippen LogP contribution is -2.53. The summed E-state index contributed by atoms with van der Waals surface area (Å²) in [5, 5.41) is 4.59. The second-order valence-electron chi connectivity index (χ2n) is 4.87. The van der Waals surface area contributed by atoms with Crippen molar-refractivity contribution in [1.29, 1.82) is 0 Å². The standard InChI is InChI=1S/C15H19N3O/c1-19-11-13-10-16-8-9-18(13)15-7-6-12-4-2-3-5-14(12)17-15/h2-7,13,16H,8-11H2,1H3. The molecule has 0 aliphatic carbocycles. The summed E-state index contributed by atoms with van der Waals surface area (Å²) in [5.74, 6) is 1.04. The van der Waals surface area contributed by atoms with E-state index in [1.54, 1.807) is 7.11 Å². The minimum absolute atomic E-state index is 0.354. The van der Waals surface area contributed by atoms with Crippen molar-refractivity contribution in [3.05, 3.63) is 36.4 Å². The Labute approximate surface area is 113 Å². The van der Waals surface area contributed by atoms with Gasteiger partial charge in [-0.25, -0.2) is 4.98 Å². The molecule has 1 atom stereocenters. The van der Waals surface area contributed by atoms with E-state index in [-0.39, 0.29) is 0 Å². The number of nitrogens with one attached hydrogen (secondary N) is 1. The third kappa shape index (κ3) is 2.55. The predicted molar refractivity (Wildman–Crippen MR) is 77.6 cm³/mol. The van der Waals surface area contributed by atoms with Gasteiger partial charge in [0.25, 0.3) is 0 Å². The Balaban J connectivity index is 1.92. The highest BCUT2D eigenvalue weighted by atomic mass is 16.5. The summed E-state index contributed by atoms with van der Waals surface area (Å²) in [7, 11) is 1.75. The molecule has 4 heteroatoms. The number of hydrogen-bond donors (Lipinski definition) is 1. The van der Waals surface area contributed by atoms with Gasteiger partial charge in [-0.15, -0.1) is 0 Å². The minimum Gasteiger partial charge on any atom is -0.383 e. The van der Waals surface area contributed by atoms with Crippen molar-refractivity contribution in [3.8, 4) is 0 Å². The van der Waals surface area contributed by atoms with E-state index in [0.29, 0.717) is 6.04 Å². The lowest BCUT2D eigenvalue weighted by molar-refractivity contribution is 0.170.